The highest BCUT2D eigenvalue weighted by molar-refractivity contribution is 7.10. The van der Waals surface area contributed by atoms with Gasteiger partial charge >= 0.3 is 0 Å². The highest BCUT2D eigenvalue weighted by Crippen LogP contribution is 2.32. The van der Waals surface area contributed by atoms with Gasteiger partial charge in [-0.05, 0) is 36.3 Å². The van der Waals surface area contributed by atoms with Gasteiger partial charge in [0.1, 0.15) is 0 Å². The molecule has 0 aromatic carbocycles. The van der Waals surface area contributed by atoms with Gasteiger partial charge in [0.25, 0.3) is 0 Å². The molecule has 0 saturated heterocycles. The SMILES string of the molecule is OCCNC1CCCc2sccc21. The van der Waals surface area contributed by atoms with Crippen LogP contribution in [0.2, 0.25) is 0 Å². The van der Waals surface area contributed by atoms with Gasteiger partial charge in [-0.3, -0.25) is 0 Å². The lowest BCUT2D eigenvalue weighted by molar-refractivity contribution is 0.280. The van der Waals surface area contributed by atoms with Crippen LogP contribution in [-0.2, 0) is 6.42 Å². The van der Waals surface area contributed by atoms with E-state index >= 15 is 0 Å². The lowest BCUT2D eigenvalue weighted by Gasteiger charge is -2.23. The molecule has 0 saturated carbocycles. The number of hydrogen-bond acceptors (Lipinski definition) is 3. The Morgan fingerprint density at radius 2 is 2.54 bits per heavy atom. The highest BCUT2D eigenvalue weighted by atomic mass is 32.1. The van der Waals surface area contributed by atoms with E-state index in [4.69, 9.17) is 5.11 Å². The molecule has 1 aromatic rings. The minimum Gasteiger partial charge on any atom is -0.395 e. The van der Waals surface area contributed by atoms with Crippen molar-refractivity contribution in [2.24, 2.45) is 0 Å². The molecule has 0 fully saturated rings. The van der Waals surface area contributed by atoms with Gasteiger partial charge in [0.05, 0.1) is 6.61 Å². The molecule has 0 aliphatic heterocycles. The minimum atomic E-state index is 0.232. The van der Waals surface area contributed by atoms with Crippen molar-refractivity contribution in [3.8, 4) is 0 Å². The molecule has 1 aliphatic rings. The summed E-state index contributed by atoms with van der Waals surface area (Å²) in [7, 11) is 0. The van der Waals surface area contributed by atoms with Crippen molar-refractivity contribution in [3.05, 3.63) is 21.9 Å². The van der Waals surface area contributed by atoms with Crippen molar-refractivity contribution in [1.29, 1.82) is 0 Å². The molecule has 13 heavy (non-hydrogen) atoms. The van der Waals surface area contributed by atoms with Gasteiger partial charge in [-0.25, -0.2) is 0 Å². The average Bonchev–Trinajstić information content (AvgIpc) is 2.62. The maximum Gasteiger partial charge on any atom is 0.0556 e. The fourth-order valence-electron chi connectivity index (χ4n) is 1.94. The minimum absolute atomic E-state index is 0.232. The fraction of sp³-hybridized carbons (Fsp3) is 0.600. The third kappa shape index (κ3) is 1.93. The number of hydrogen-bond donors (Lipinski definition) is 2. The van der Waals surface area contributed by atoms with Crippen molar-refractivity contribution >= 4 is 11.3 Å². The number of aliphatic hydroxyl groups excluding tert-OH is 1. The summed E-state index contributed by atoms with van der Waals surface area (Å²) in [6.07, 6.45) is 3.73. The first-order chi connectivity index (χ1) is 6.42. The van der Waals surface area contributed by atoms with E-state index in [0.717, 1.165) is 0 Å². The van der Waals surface area contributed by atoms with Crippen molar-refractivity contribution in [3.63, 3.8) is 0 Å². The summed E-state index contributed by atoms with van der Waals surface area (Å²) in [6, 6.07) is 2.70. The predicted octanol–water partition coefficient (Wildman–Crippen LogP) is 1.71. The molecule has 2 nitrogen and oxygen atoms in total. The molecule has 2 rings (SSSR count). The first kappa shape index (κ1) is 9.19. The Morgan fingerprint density at radius 1 is 1.62 bits per heavy atom. The molecule has 0 amide bonds. The second-order valence-electron chi connectivity index (χ2n) is 3.42. The first-order valence-electron chi connectivity index (χ1n) is 4.82. The molecule has 1 heterocycles. The van der Waals surface area contributed by atoms with Gasteiger partial charge in [0.15, 0.2) is 0 Å². The summed E-state index contributed by atoms with van der Waals surface area (Å²) in [5.74, 6) is 0. The van der Waals surface area contributed by atoms with E-state index in [1.54, 1.807) is 0 Å². The number of rotatable bonds is 3. The molecular weight excluding hydrogens is 182 g/mol. The molecule has 0 radical (unpaired) electrons. The average molecular weight is 197 g/mol. The largest absolute Gasteiger partial charge is 0.395 e. The predicted molar refractivity (Wildman–Crippen MR) is 55.1 cm³/mol. The summed E-state index contributed by atoms with van der Waals surface area (Å²) in [5.41, 5.74) is 1.46. The quantitative estimate of drug-likeness (QED) is 0.773. The topological polar surface area (TPSA) is 32.3 Å². The number of nitrogens with one attached hydrogen (secondary N) is 1. The molecule has 1 unspecified atom stereocenters. The zero-order valence-electron chi connectivity index (χ0n) is 7.62. The molecule has 0 bridgehead atoms. The maximum absolute atomic E-state index is 8.74. The molecule has 0 spiro atoms. The van der Waals surface area contributed by atoms with Gasteiger partial charge in [0.2, 0.25) is 0 Å². The molecule has 1 aliphatic carbocycles. The molecule has 3 heteroatoms. The monoisotopic (exact) mass is 197 g/mol. The second-order valence-corrected chi connectivity index (χ2v) is 4.42. The molecule has 72 valence electrons. The van der Waals surface area contributed by atoms with E-state index in [-0.39, 0.29) is 6.61 Å². The molecular formula is C10H15NOS. The third-order valence-corrected chi connectivity index (χ3v) is 3.55. The van der Waals surface area contributed by atoms with Crippen LogP contribution in [0.3, 0.4) is 0 Å². The van der Waals surface area contributed by atoms with E-state index in [1.807, 2.05) is 11.3 Å². The van der Waals surface area contributed by atoms with Crippen LogP contribution < -0.4 is 5.32 Å². The second kappa shape index (κ2) is 4.22. The van der Waals surface area contributed by atoms with Gasteiger partial charge in [-0.1, -0.05) is 0 Å². The summed E-state index contributed by atoms with van der Waals surface area (Å²) >= 11 is 1.86. The van der Waals surface area contributed by atoms with E-state index < -0.39 is 0 Å². The fourth-order valence-corrected chi connectivity index (χ4v) is 2.92. The van der Waals surface area contributed by atoms with E-state index in [9.17, 15) is 0 Å². The molecule has 1 aromatic heterocycles. The summed E-state index contributed by atoms with van der Waals surface area (Å²) in [5, 5.41) is 14.3. The Morgan fingerprint density at radius 3 is 3.38 bits per heavy atom. The normalized spacial score (nSPS) is 21.5. The van der Waals surface area contributed by atoms with Gasteiger partial charge in [-0.15, -0.1) is 11.3 Å². The summed E-state index contributed by atoms with van der Waals surface area (Å²) in [4.78, 5) is 1.53. The van der Waals surface area contributed by atoms with Crippen molar-refractivity contribution in [2.45, 2.75) is 25.3 Å². The number of thiophene rings is 1. The van der Waals surface area contributed by atoms with Crippen LogP contribution in [0.1, 0.15) is 29.3 Å². The van der Waals surface area contributed by atoms with Crippen LogP contribution in [0.5, 0.6) is 0 Å². The lowest BCUT2D eigenvalue weighted by Crippen LogP contribution is -2.26. The van der Waals surface area contributed by atoms with Crippen LogP contribution >= 0.6 is 11.3 Å². The Hall–Kier alpha value is -0.380. The number of fused-ring (bicyclic) bond motifs is 1. The smallest absolute Gasteiger partial charge is 0.0556 e. The maximum atomic E-state index is 8.74. The van der Waals surface area contributed by atoms with E-state index in [2.05, 4.69) is 16.8 Å². The number of aliphatic hydroxyl groups is 1. The van der Waals surface area contributed by atoms with Crippen LogP contribution in [0.4, 0.5) is 0 Å². The summed E-state index contributed by atoms with van der Waals surface area (Å²) in [6.45, 7) is 0.940. The van der Waals surface area contributed by atoms with E-state index in [0.29, 0.717) is 12.6 Å². The molecule has 1 atom stereocenters. The van der Waals surface area contributed by atoms with Crippen molar-refractivity contribution in [1.82, 2.24) is 5.32 Å². The van der Waals surface area contributed by atoms with Gasteiger partial charge in [-0.2, -0.15) is 0 Å². The third-order valence-electron chi connectivity index (χ3n) is 2.55. The van der Waals surface area contributed by atoms with E-state index in [1.165, 1.54) is 29.7 Å². The van der Waals surface area contributed by atoms with Crippen LogP contribution in [0, 0.1) is 0 Å². The Kier molecular flexibility index (Phi) is 2.98. The Balaban J connectivity index is 2.07. The van der Waals surface area contributed by atoms with Crippen molar-refractivity contribution < 1.29 is 5.11 Å². The Bertz CT molecular complexity index is 272. The van der Waals surface area contributed by atoms with Crippen LogP contribution in [0.15, 0.2) is 11.4 Å². The standard InChI is InChI=1S/C10H15NOS/c12-6-5-11-9-2-1-3-10-8(9)4-7-13-10/h4,7,9,11-12H,1-3,5-6H2. The Labute approximate surface area is 82.6 Å². The zero-order chi connectivity index (χ0) is 9.10. The molecule has 2 N–H and O–H groups in total. The lowest BCUT2D eigenvalue weighted by atomic mass is 9.94. The highest BCUT2D eigenvalue weighted by Gasteiger charge is 2.19. The number of aryl methyl sites for hydroxylation is 1. The van der Waals surface area contributed by atoms with Gasteiger partial charge < -0.3 is 10.4 Å². The summed E-state index contributed by atoms with van der Waals surface area (Å²) < 4.78 is 0. The van der Waals surface area contributed by atoms with Gasteiger partial charge in [0, 0.05) is 17.5 Å². The zero-order valence-corrected chi connectivity index (χ0v) is 8.44. The van der Waals surface area contributed by atoms with Crippen molar-refractivity contribution in [2.75, 3.05) is 13.2 Å². The van der Waals surface area contributed by atoms with Crippen LogP contribution in [0.25, 0.3) is 0 Å². The first-order valence-corrected chi connectivity index (χ1v) is 5.70. The van der Waals surface area contributed by atoms with Crippen LogP contribution in [-0.4, -0.2) is 18.3 Å².